The maximum absolute atomic E-state index is 11.2. The Morgan fingerprint density at radius 2 is 2.17 bits per heavy atom. The molecule has 0 bridgehead atoms. The van der Waals surface area contributed by atoms with Crippen LogP contribution in [0.15, 0.2) is 10.5 Å². The second-order valence-corrected chi connectivity index (χ2v) is 7.43. The van der Waals surface area contributed by atoms with Crippen molar-refractivity contribution in [2.45, 2.75) is 19.8 Å². The van der Waals surface area contributed by atoms with E-state index in [4.69, 9.17) is 11.6 Å². The summed E-state index contributed by atoms with van der Waals surface area (Å²) in [5.74, 6) is -0.843. The smallest absolute Gasteiger partial charge is 0.347 e. The van der Waals surface area contributed by atoms with Gasteiger partial charge in [0.25, 0.3) is 0 Å². The fraction of sp³-hybridized carbons (Fsp3) is 0.273. The van der Waals surface area contributed by atoms with Crippen LogP contribution in [0.3, 0.4) is 0 Å². The van der Waals surface area contributed by atoms with Crippen molar-refractivity contribution in [3.63, 3.8) is 0 Å². The summed E-state index contributed by atoms with van der Waals surface area (Å²) in [5, 5.41) is 9.88. The van der Waals surface area contributed by atoms with Gasteiger partial charge in [0.15, 0.2) is 0 Å². The summed E-state index contributed by atoms with van der Waals surface area (Å²) in [6, 6.07) is 1.86. The van der Waals surface area contributed by atoms with E-state index >= 15 is 0 Å². The molecule has 2 heterocycles. The van der Waals surface area contributed by atoms with Crippen molar-refractivity contribution in [1.29, 1.82) is 0 Å². The van der Waals surface area contributed by atoms with E-state index < -0.39 is 5.97 Å². The summed E-state index contributed by atoms with van der Waals surface area (Å²) in [7, 11) is 0. The van der Waals surface area contributed by atoms with Gasteiger partial charge in [-0.15, -0.1) is 22.7 Å². The first kappa shape index (κ1) is 14.0. The molecule has 0 aliphatic rings. The number of thiophene rings is 1. The molecule has 0 radical (unpaired) electrons. The van der Waals surface area contributed by atoms with Crippen LogP contribution in [-0.2, 0) is 0 Å². The molecule has 0 saturated heterocycles. The van der Waals surface area contributed by atoms with E-state index in [1.165, 1.54) is 22.7 Å². The van der Waals surface area contributed by atoms with Gasteiger partial charge in [-0.25, -0.2) is 9.78 Å². The maximum atomic E-state index is 11.2. The highest BCUT2D eigenvalue weighted by atomic mass is 79.9. The third-order valence-electron chi connectivity index (χ3n) is 2.25. The molecule has 0 aromatic carbocycles. The van der Waals surface area contributed by atoms with E-state index in [1.807, 2.05) is 19.9 Å². The molecule has 1 N–H and O–H groups in total. The second kappa shape index (κ2) is 5.28. The molecular formula is C11H9BrClNO2S2. The first-order chi connectivity index (χ1) is 8.40. The van der Waals surface area contributed by atoms with E-state index in [1.54, 1.807) is 0 Å². The van der Waals surface area contributed by atoms with Gasteiger partial charge in [-0.3, -0.25) is 0 Å². The van der Waals surface area contributed by atoms with Gasteiger partial charge in [-0.2, -0.15) is 0 Å². The van der Waals surface area contributed by atoms with Gasteiger partial charge in [0.05, 0.1) is 10.6 Å². The highest BCUT2D eigenvalue weighted by Crippen LogP contribution is 2.41. The lowest BCUT2D eigenvalue weighted by atomic mass is 10.1. The summed E-state index contributed by atoms with van der Waals surface area (Å²) in [4.78, 5) is 16.8. The number of carboxylic acids is 1. The first-order valence-electron chi connectivity index (χ1n) is 5.09. The average molecular weight is 367 g/mol. The fourth-order valence-electron chi connectivity index (χ4n) is 1.43. The van der Waals surface area contributed by atoms with Gasteiger partial charge in [0.2, 0.25) is 0 Å². The topological polar surface area (TPSA) is 50.2 Å². The quantitative estimate of drug-likeness (QED) is 0.821. The second-order valence-electron chi connectivity index (χ2n) is 3.93. The van der Waals surface area contributed by atoms with Crippen molar-refractivity contribution in [3.8, 4) is 9.88 Å². The number of aromatic carboxylic acids is 1. The van der Waals surface area contributed by atoms with Crippen LogP contribution >= 0.6 is 50.2 Å². The average Bonchev–Trinajstić information content (AvgIpc) is 2.83. The minimum Gasteiger partial charge on any atom is -0.477 e. The van der Waals surface area contributed by atoms with Gasteiger partial charge in [0, 0.05) is 4.47 Å². The zero-order valence-corrected chi connectivity index (χ0v) is 13.5. The minimum atomic E-state index is -0.927. The number of hydrogen-bond acceptors (Lipinski definition) is 4. The van der Waals surface area contributed by atoms with Crippen molar-refractivity contribution < 1.29 is 9.90 Å². The van der Waals surface area contributed by atoms with E-state index in [9.17, 15) is 9.90 Å². The third-order valence-corrected chi connectivity index (χ3v) is 5.95. The molecule has 2 aromatic rings. The Morgan fingerprint density at radius 1 is 1.50 bits per heavy atom. The molecule has 2 aromatic heterocycles. The zero-order valence-electron chi connectivity index (χ0n) is 9.53. The van der Waals surface area contributed by atoms with Crippen molar-refractivity contribution >= 4 is 56.2 Å². The molecule has 0 amide bonds. The van der Waals surface area contributed by atoms with Crippen LogP contribution in [0.4, 0.5) is 0 Å². The van der Waals surface area contributed by atoms with Crippen molar-refractivity contribution in [1.82, 2.24) is 4.98 Å². The molecule has 0 aliphatic carbocycles. The number of carboxylic acid groups (broad SMARTS) is 1. The van der Waals surface area contributed by atoms with Crippen molar-refractivity contribution in [2.24, 2.45) is 0 Å². The largest absolute Gasteiger partial charge is 0.477 e. The Bertz CT molecular complexity index is 587. The number of hydrogen-bond donors (Lipinski definition) is 1. The third kappa shape index (κ3) is 2.61. The summed E-state index contributed by atoms with van der Waals surface area (Å²) in [5.41, 5.74) is 0.628. The molecule has 0 aliphatic heterocycles. The Morgan fingerprint density at radius 3 is 2.56 bits per heavy atom. The number of aromatic nitrogens is 1. The molecule has 7 heteroatoms. The van der Waals surface area contributed by atoms with Crippen LogP contribution in [0.5, 0.6) is 0 Å². The van der Waals surface area contributed by atoms with Crippen molar-refractivity contribution in [2.75, 3.05) is 0 Å². The molecule has 96 valence electrons. The van der Waals surface area contributed by atoms with E-state index in [-0.39, 0.29) is 5.92 Å². The van der Waals surface area contributed by atoms with E-state index in [0.29, 0.717) is 19.9 Å². The van der Waals surface area contributed by atoms with Crippen LogP contribution in [0.25, 0.3) is 9.88 Å². The molecule has 2 rings (SSSR count). The maximum Gasteiger partial charge on any atom is 0.347 e. The standard InChI is InChI=1S/C11H9BrClNO2S2/c1-4(2)7-8(11(15)16)18-10(14-7)6-3-5(12)9(13)17-6/h3-4H,1-2H3,(H,15,16). The zero-order chi connectivity index (χ0) is 13.4. The Hall–Kier alpha value is -0.430. The highest BCUT2D eigenvalue weighted by Gasteiger charge is 2.21. The molecule has 0 fully saturated rings. The number of rotatable bonds is 3. The van der Waals surface area contributed by atoms with E-state index in [0.717, 1.165) is 9.35 Å². The lowest BCUT2D eigenvalue weighted by molar-refractivity contribution is 0.0700. The Balaban J connectivity index is 2.53. The van der Waals surface area contributed by atoms with Gasteiger partial charge >= 0.3 is 5.97 Å². The molecule has 0 saturated carbocycles. The van der Waals surface area contributed by atoms with Crippen LogP contribution in [-0.4, -0.2) is 16.1 Å². The first-order valence-corrected chi connectivity index (χ1v) is 7.89. The fourth-order valence-corrected chi connectivity index (χ4v) is 4.24. The molecule has 0 atom stereocenters. The van der Waals surface area contributed by atoms with Crippen LogP contribution in [0.1, 0.15) is 35.1 Å². The van der Waals surface area contributed by atoms with Gasteiger partial charge in [0.1, 0.15) is 14.2 Å². The summed E-state index contributed by atoms with van der Waals surface area (Å²) >= 11 is 11.9. The van der Waals surface area contributed by atoms with Gasteiger partial charge in [-0.05, 0) is 27.9 Å². The molecule has 0 unspecified atom stereocenters. The predicted molar refractivity (Wildman–Crippen MR) is 79.2 cm³/mol. The van der Waals surface area contributed by atoms with Crippen LogP contribution < -0.4 is 0 Å². The van der Waals surface area contributed by atoms with Crippen LogP contribution in [0, 0.1) is 0 Å². The summed E-state index contributed by atoms with van der Waals surface area (Å²) in [6.07, 6.45) is 0. The molecule has 3 nitrogen and oxygen atoms in total. The summed E-state index contributed by atoms with van der Waals surface area (Å²) in [6.45, 7) is 3.87. The number of halogens is 2. The lowest BCUT2D eigenvalue weighted by Crippen LogP contribution is -2.00. The molecular weight excluding hydrogens is 358 g/mol. The predicted octanol–water partition coefficient (Wildman–Crippen LogP) is 5.11. The lowest BCUT2D eigenvalue weighted by Gasteiger charge is -2.00. The molecule has 18 heavy (non-hydrogen) atoms. The number of thiazole rings is 1. The SMILES string of the molecule is CC(C)c1nc(-c2cc(Br)c(Cl)s2)sc1C(=O)O. The van der Waals surface area contributed by atoms with E-state index in [2.05, 4.69) is 20.9 Å². The van der Waals surface area contributed by atoms with Gasteiger partial charge < -0.3 is 5.11 Å². The highest BCUT2D eigenvalue weighted by molar-refractivity contribution is 9.10. The normalized spacial score (nSPS) is 11.2. The number of nitrogens with zero attached hydrogens (tertiary/aromatic N) is 1. The van der Waals surface area contributed by atoms with Crippen LogP contribution in [0.2, 0.25) is 4.34 Å². The monoisotopic (exact) mass is 365 g/mol. The number of carbonyl (C=O) groups is 1. The minimum absolute atomic E-state index is 0.0833. The van der Waals surface area contributed by atoms with Crippen molar-refractivity contribution in [3.05, 3.63) is 25.4 Å². The Labute approximate surface area is 126 Å². The summed E-state index contributed by atoms with van der Waals surface area (Å²) < 4.78 is 1.45. The Kier molecular flexibility index (Phi) is 4.11. The molecule has 0 spiro atoms. The van der Waals surface area contributed by atoms with Gasteiger partial charge in [-0.1, -0.05) is 25.4 Å².